The van der Waals surface area contributed by atoms with E-state index >= 15 is 0 Å². The third-order valence-corrected chi connectivity index (χ3v) is 4.19. The Balaban J connectivity index is 2.23. The molecule has 2 amide bonds. The zero-order chi connectivity index (χ0) is 21.9. The summed E-state index contributed by atoms with van der Waals surface area (Å²) in [5.74, 6) is -0.821. The quantitative estimate of drug-likeness (QED) is 0.728. The summed E-state index contributed by atoms with van der Waals surface area (Å²) in [5.41, 5.74) is -0.645. The summed E-state index contributed by atoms with van der Waals surface area (Å²) < 4.78 is 41.1. The van der Waals surface area contributed by atoms with Crippen LogP contribution in [0.15, 0.2) is 12.3 Å². The normalized spacial score (nSPS) is 12.9. The van der Waals surface area contributed by atoms with Gasteiger partial charge in [-0.3, -0.25) is 19.0 Å². The SMILES string of the molecule is CCn1cc(NC(=O)C(C)n2nc(C(F)(F)F)cc2C)c(C(=O)NCC(C)C)n1. The van der Waals surface area contributed by atoms with E-state index in [0.717, 1.165) is 10.7 Å². The average molecular weight is 414 g/mol. The van der Waals surface area contributed by atoms with E-state index in [1.165, 1.54) is 24.7 Å². The van der Waals surface area contributed by atoms with Crippen molar-refractivity contribution in [2.45, 2.75) is 53.4 Å². The lowest BCUT2D eigenvalue weighted by molar-refractivity contribution is -0.141. The van der Waals surface area contributed by atoms with Crippen molar-refractivity contribution >= 4 is 17.5 Å². The molecule has 0 aromatic carbocycles. The van der Waals surface area contributed by atoms with Crippen molar-refractivity contribution in [1.29, 1.82) is 0 Å². The number of hydrogen-bond acceptors (Lipinski definition) is 4. The molecule has 29 heavy (non-hydrogen) atoms. The number of alkyl halides is 3. The highest BCUT2D eigenvalue weighted by Crippen LogP contribution is 2.29. The van der Waals surface area contributed by atoms with Crippen LogP contribution in [0.4, 0.5) is 18.9 Å². The van der Waals surface area contributed by atoms with E-state index in [9.17, 15) is 22.8 Å². The fraction of sp³-hybridized carbons (Fsp3) is 0.556. The molecule has 0 spiro atoms. The number of hydrogen-bond donors (Lipinski definition) is 2. The van der Waals surface area contributed by atoms with E-state index in [2.05, 4.69) is 20.8 Å². The van der Waals surface area contributed by atoms with Crippen LogP contribution >= 0.6 is 0 Å². The summed E-state index contributed by atoms with van der Waals surface area (Å²) in [6.07, 6.45) is -3.10. The Kier molecular flexibility index (Phi) is 6.70. The first-order valence-electron chi connectivity index (χ1n) is 9.23. The first-order chi connectivity index (χ1) is 13.4. The van der Waals surface area contributed by atoms with E-state index in [-0.39, 0.29) is 23.0 Å². The molecule has 2 rings (SSSR count). The van der Waals surface area contributed by atoms with Gasteiger partial charge >= 0.3 is 6.18 Å². The predicted octanol–water partition coefficient (Wildman–Crippen LogP) is 3.01. The molecule has 0 fully saturated rings. The number of carbonyl (C=O) groups excluding carboxylic acids is 2. The molecular weight excluding hydrogens is 389 g/mol. The Morgan fingerprint density at radius 3 is 2.38 bits per heavy atom. The Morgan fingerprint density at radius 1 is 1.21 bits per heavy atom. The van der Waals surface area contributed by atoms with Crippen molar-refractivity contribution in [3.8, 4) is 0 Å². The highest BCUT2D eigenvalue weighted by Gasteiger charge is 2.35. The van der Waals surface area contributed by atoms with Crippen molar-refractivity contribution in [3.05, 3.63) is 29.3 Å². The van der Waals surface area contributed by atoms with Gasteiger partial charge in [0.05, 0.1) is 5.69 Å². The van der Waals surface area contributed by atoms with Gasteiger partial charge in [0, 0.05) is 25.0 Å². The smallest absolute Gasteiger partial charge is 0.350 e. The number of amides is 2. The third-order valence-electron chi connectivity index (χ3n) is 4.19. The third kappa shape index (κ3) is 5.36. The number of carbonyl (C=O) groups is 2. The summed E-state index contributed by atoms with van der Waals surface area (Å²) in [6, 6.07) is -0.147. The number of nitrogens with zero attached hydrogens (tertiary/aromatic N) is 4. The largest absolute Gasteiger partial charge is 0.435 e. The van der Waals surface area contributed by atoms with E-state index < -0.39 is 29.7 Å². The number of anilines is 1. The van der Waals surface area contributed by atoms with Crippen LogP contribution < -0.4 is 10.6 Å². The Morgan fingerprint density at radius 2 is 1.86 bits per heavy atom. The lowest BCUT2D eigenvalue weighted by Gasteiger charge is -2.14. The Labute approximate surface area is 166 Å². The van der Waals surface area contributed by atoms with Crippen molar-refractivity contribution < 1.29 is 22.8 Å². The van der Waals surface area contributed by atoms with Crippen LogP contribution in [-0.4, -0.2) is 37.9 Å². The molecule has 0 bridgehead atoms. The molecule has 0 saturated heterocycles. The van der Waals surface area contributed by atoms with Gasteiger partial charge in [-0.25, -0.2) is 0 Å². The van der Waals surface area contributed by atoms with Gasteiger partial charge in [0.2, 0.25) is 5.91 Å². The molecule has 2 N–H and O–H groups in total. The van der Waals surface area contributed by atoms with Crippen molar-refractivity contribution in [2.24, 2.45) is 5.92 Å². The van der Waals surface area contributed by atoms with Gasteiger partial charge in [0.1, 0.15) is 6.04 Å². The average Bonchev–Trinajstić information content (AvgIpc) is 3.22. The summed E-state index contributed by atoms with van der Waals surface area (Å²) in [6.45, 7) is 9.48. The number of nitrogens with one attached hydrogen (secondary N) is 2. The molecule has 160 valence electrons. The van der Waals surface area contributed by atoms with Crippen molar-refractivity contribution in [1.82, 2.24) is 24.9 Å². The second-order valence-electron chi connectivity index (χ2n) is 7.13. The number of halogens is 3. The molecule has 11 heteroatoms. The fourth-order valence-corrected chi connectivity index (χ4v) is 2.59. The maximum absolute atomic E-state index is 12.9. The molecular formula is C18H25F3N6O2. The van der Waals surface area contributed by atoms with Gasteiger partial charge in [-0.15, -0.1) is 0 Å². The van der Waals surface area contributed by atoms with Crippen molar-refractivity contribution in [3.63, 3.8) is 0 Å². The maximum atomic E-state index is 12.9. The number of aromatic nitrogens is 4. The van der Waals surface area contributed by atoms with E-state index in [1.54, 1.807) is 0 Å². The predicted molar refractivity (Wildman–Crippen MR) is 100 cm³/mol. The standard InChI is InChI=1S/C18H25F3N6O2/c1-6-26-9-13(15(25-26)17(29)22-8-10(2)3)23-16(28)12(5)27-11(4)7-14(24-27)18(19,20)21/h7,9-10,12H,6,8H2,1-5H3,(H,22,29)(H,23,28). The second kappa shape index (κ2) is 8.66. The first-order valence-corrected chi connectivity index (χ1v) is 9.23. The van der Waals surface area contributed by atoms with E-state index in [1.807, 2.05) is 20.8 Å². The summed E-state index contributed by atoms with van der Waals surface area (Å²) >= 11 is 0. The molecule has 0 aliphatic rings. The molecule has 2 aromatic heterocycles. The molecule has 0 aliphatic heterocycles. The second-order valence-corrected chi connectivity index (χ2v) is 7.13. The van der Waals surface area contributed by atoms with Crippen LogP contribution in [0.25, 0.3) is 0 Å². The Hall–Kier alpha value is -2.85. The molecule has 2 aromatic rings. The lowest BCUT2D eigenvalue weighted by Crippen LogP contribution is -2.30. The van der Waals surface area contributed by atoms with Gasteiger partial charge in [-0.2, -0.15) is 23.4 Å². The lowest BCUT2D eigenvalue weighted by atomic mass is 10.2. The minimum Gasteiger partial charge on any atom is -0.350 e. The van der Waals surface area contributed by atoms with Crippen LogP contribution in [-0.2, 0) is 17.5 Å². The molecule has 1 unspecified atom stereocenters. The first kappa shape index (κ1) is 22.4. The zero-order valence-corrected chi connectivity index (χ0v) is 17.0. The molecule has 0 saturated carbocycles. The summed E-state index contributed by atoms with van der Waals surface area (Å²) in [5, 5.41) is 13.0. The monoisotopic (exact) mass is 414 g/mol. The van der Waals surface area contributed by atoms with Crippen molar-refractivity contribution in [2.75, 3.05) is 11.9 Å². The van der Waals surface area contributed by atoms with Crippen LogP contribution in [0.5, 0.6) is 0 Å². The van der Waals surface area contributed by atoms with Crippen LogP contribution in [0.3, 0.4) is 0 Å². The summed E-state index contributed by atoms with van der Waals surface area (Å²) in [7, 11) is 0. The van der Waals surface area contributed by atoms with Crippen LogP contribution in [0.1, 0.15) is 55.6 Å². The molecule has 1 atom stereocenters. The molecule has 2 heterocycles. The Bertz CT molecular complexity index is 885. The fourth-order valence-electron chi connectivity index (χ4n) is 2.59. The number of rotatable bonds is 7. The highest BCUT2D eigenvalue weighted by atomic mass is 19.4. The van der Waals surface area contributed by atoms with E-state index in [0.29, 0.717) is 13.1 Å². The molecule has 0 radical (unpaired) electrons. The van der Waals surface area contributed by atoms with Gasteiger partial charge in [0.25, 0.3) is 5.91 Å². The van der Waals surface area contributed by atoms with Gasteiger partial charge in [0.15, 0.2) is 11.4 Å². The summed E-state index contributed by atoms with van der Waals surface area (Å²) in [4.78, 5) is 25.0. The van der Waals surface area contributed by atoms with Gasteiger partial charge in [-0.1, -0.05) is 13.8 Å². The van der Waals surface area contributed by atoms with Crippen LogP contribution in [0, 0.1) is 12.8 Å². The minimum atomic E-state index is -4.60. The molecule has 8 nitrogen and oxygen atoms in total. The number of aryl methyl sites for hydroxylation is 2. The van der Waals surface area contributed by atoms with Gasteiger partial charge in [-0.05, 0) is 32.8 Å². The highest BCUT2D eigenvalue weighted by molar-refractivity contribution is 6.03. The zero-order valence-electron chi connectivity index (χ0n) is 17.0. The molecule has 0 aliphatic carbocycles. The van der Waals surface area contributed by atoms with Gasteiger partial charge < -0.3 is 10.6 Å². The minimum absolute atomic E-state index is 0.0428. The van der Waals surface area contributed by atoms with Crippen LogP contribution in [0.2, 0.25) is 0 Å². The topological polar surface area (TPSA) is 93.8 Å². The van der Waals surface area contributed by atoms with E-state index in [4.69, 9.17) is 0 Å². The maximum Gasteiger partial charge on any atom is 0.435 e.